The summed E-state index contributed by atoms with van der Waals surface area (Å²) in [5.74, 6) is 0.137. The summed E-state index contributed by atoms with van der Waals surface area (Å²) in [5.41, 5.74) is 1.58. The minimum atomic E-state index is -0.352. The molecule has 0 atom stereocenters. The SMILES string of the molecule is CCn1c(SCC(=O)Nc2ccc(C)c(F)c2)nnc1-c1cnccn1. The van der Waals surface area contributed by atoms with Gasteiger partial charge in [-0.25, -0.2) is 9.37 Å². The van der Waals surface area contributed by atoms with E-state index in [1.807, 2.05) is 11.5 Å². The minimum Gasteiger partial charge on any atom is -0.325 e. The number of carbonyl (C=O) groups is 1. The van der Waals surface area contributed by atoms with Gasteiger partial charge in [0.2, 0.25) is 5.91 Å². The minimum absolute atomic E-state index is 0.133. The Balaban J connectivity index is 1.67. The average Bonchev–Trinajstić information content (AvgIpc) is 3.07. The first kappa shape index (κ1) is 18.0. The fourth-order valence-corrected chi connectivity index (χ4v) is 3.08. The Morgan fingerprint density at radius 3 is 2.85 bits per heavy atom. The summed E-state index contributed by atoms with van der Waals surface area (Å²) in [6.45, 7) is 4.26. The molecule has 1 aromatic carbocycles. The van der Waals surface area contributed by atoms with Gasteiger partial charge >= 0.3 is 0 Å². The largest absolute Gasteiger partial charge is 0.325 e. The van der Waals surface area contributed by atoms with Crippen molar-refractivity contribution in [3.63, 3.8) is 0 Å². The number of amides is 1. The van der Waals surface area contributed by atoms with E-state index in [2.05, 4.69) is 25.5 Å². The van der Waals surface area contributed by atoms with Crippen molar-refractivity contribution in [2.45, 2.75) is 25.5 Å². The number of aromatic nitrogens is 5. The molecule has 3 aromatic rings. The molecule has 0 spiro atoms. The number of carbonyl (C=O) groups excluding carboxylic acids is 1. The van der Waals surface area contributed by atoms with E-state index in [9.17, 15) is 9.18 Å². The van der Waals surface area contributed by atoms with Crippen LogP contribution in [0.4, 0.5) is 10.1 Å². The molecule has 1 amide bonds. The monoisotopic (exact) mass is 372 g/mol. The number of benzene rings is 1. The number of thioether (sulfide) groups is 1. The second-order valence-corrected chi connectivity index (χ2v) is 6.38. The fraction of sp³-hybridized carbons (Fsp3) is 0.235. The summed E-state index contributed by atoms with van der Waals surface area (Å²) in [5, 5.41) is 11.6. The summed E-state index contributed by atoms with van der Waals surface area (Å²) in [6, 6.07) is 4.60. The van der Waals surface area contributed by atoms with Crippen LogP contribution >= 0.6 is 11.8 Å². The molecule has 0 aliphatic carbocycles. The maximum atomic E-state index is 13.6. The Labute approximate surface area is 154 Å². The molecule has 0 saturated carbocycles. The van der Waals surface area contributed by atoms with Crippen LogP contribution < -0.4 is 5.32 Å². The van der Waals surface area contributed by atoms with Gasteiger partial charge < -0.3 is 9.88 Å². The molecule has 0 fully saturated rings. The van der Waals surface area contributed by atoms with Crippen molar-refractivity contribution in [1.82, 2.24) is 24.7 Å². The van der Waals surface area contributed by atoms with Gasteiger partial charge in [0.1, 0.15) is 11.5 Å². The molecule has 7 nitrogen and oxygen atoms in total. The number of halogens is 1. The van der Waals surface area contributed by atoms with Gasteiger partial charge in [0.25, 0.3) is 0 Å². The third kappa shape index (κ3) is 4.05. The second kappa shape index (κ2) is 8.05. The zero-order chi connectivity index (χ0) is 18.5. The van der Waals surface area contributed by atoms with Gasteiger partial charge in [-0.05, 0) is 31.5 Å². The van der Waals surface area contributed by atoms with E-state index in [-0.39, 0.29) is 17.5 Å². The van der Waals surface area contributed by atoms with Crippen molar-refractivity contribution < 1.29 is 9.18 Å². The highest BCUT2D eigenvalue weighted by Crippen LogP contribution is 2.22. The summed E-state index contributed by atoms with van der Waals surface area (Å²) >= 11 is 1.26. The predicted octanol–water partition coefficient (Wildman–Crippen LogP) is 2.93. The van der Waals surface area contributed by atoms with Crippen LogP contribution in [0.3, 0.4) is 0 Å². The molecule has 0 aliphatic heterocycles. The van der Waals surface area contributed by atoms with Crippen LogP contribution in [-0.2, 0) is 11.3 Å². The third-order valence-corrected chi connectivity index (χ3v) is 4.58. The molecule has 0 unspecified atom stereocenters. The zero-order valence-corrected chi connectivity index (χ0v) is 15.1. The van der Waals surface area contributed by atoms with Crippen molar-refractivity contribution in [2.24, 2.45) is 0 Å². The highest BCUT2D eigenvalue weighted by molar-refractivity contribution is 7.99. The van der Waals surface area contributed by atoms with Crippen LogP contribution in [-0.4, -0.2) is 36.4 Å². The first-order valence-corrected chi connectivity index (χ1v) is 8.95. The zero-order valence-electron chi connectivity index (χ0n) is 14.3. The Morgan fingerprint density at radius 1 is 1.31 bits per heavy atom. The number of aryl methyl sites for hydroxylation is 1. The van der Waals surface area contributed by atoms with E-state index in [0.717, 1.165) is 0 Å². The van der Waals surface area contributed by atoms with E-state index in [4.69, 9.17) is 0 Å². The number of anilines is 1. The summed E-state index contributed by atoms with van der Waals surface area (Å²) in [6.07, 6.45) is 4.79. The van der Waals surface area contributed by atoms with Crippen molar-refractivity contribution in [2.75, 3.05) is 11.1 Å². The van der Waals surface area contributed by atoms with E-state index in [1.54, 1.807) is 37.6 Å². The lowest BCUT2D eigenvalue weighted by Crippen LogP contribution is -2.15. The lowest BCUT2D eigenvalue weighted by atomic mass is 10.2. The van der Waals surface area contributed by atoms with Crippen molar-refractivity contribution in [3.05, 3.63) is 48.2 Å². The van der Waals surface area contributed by atoms with E-state index >= 15 is 0 Å². The topological polar surface area (TPSA) is 85.6 Å². The third-order valence-electron chi connectivity index (χ3n) is 3.61. The molecule has 1 N–H and O–H groups in total. The Morgan fingerprint density at radius 2 is 2.15 bits per heavy atom. The van der Waals surface area contributed by atoms with Gasteiger partial charge in [0, 0.05) is 24.6 Å². The van der Waals surface area contributed by atoms with Gasteiger partial charge in [0.05, 0.1) is 11.9 Å². The predicted molar refractivity (Wildman–Crippen MR) is 97.2 cm³/mol. The summed E-state index contributed by atoms with van der Waals surface area (Å²) in [7, 11) is 0. The fourth-order valence-electron chi connectivity index (χ4n) is 2.28. The van der Waals surface area contributed by atoms with Crippen molar-refractivity contribution in [1.29, 1.82) is 0 Å². The van der Waals surface area contributed by atoms with Crippen molar-refractivity contribution >= 4 is 23.4 Å². The van der Waals surface area contributed by atoms with Crippen LogP contribution in [0.25, 0.3) is 11.5 Å². The molecule has 3 rings (SSSR count). The van der Waals surface area contributed by atoms with Crippen LogP contribution in [0.2, 0.25) is 0 Å². The molecular weight excluding hydrogens is 355 g/mol. The molecule has 2 aromatic heterocycles. The van der Waals surface area contributed by atoms with Crippen LogP contribution in [0.5, 0.6) is 0 Å². The first-order chi connectivity index (χ1) is 12.6. The van der Waals surface area contributed by atoms with E-state index in [0.29, 0.717) is 34.5 Å². The smallest absolute Gasteiger partial charge is 0.234 e. The summed E-state index contributed by atoms with van der Waals surface area (Å²) in [4.78, 5) is 20.4. The Hall–Kier alpha value is -2.81. The lowest BCUT2D eigenvalue weighted by Gasteiger charge is -2.08. The normalized spacial score (nSPS) is 10.7. The molecule has 26 heavy (non-hydrogen) atoms. The van der Waals surface area contributed by atoms with Gasteiger partial charge in [-0.2, -0.15) is 0 Å². The van der Waals surface area contributed by atoms with Crippen LogP contribution in [0.15, 0.2) is 41.9 Å². The molecule has 9 heteroatoms. The Bertz CT molecular complexity index is 915. The highest BCUT2D eigenvalue weighted by Gasteiger charge is 2.15. The maximum Gasteiger partial charge on any atom is 0.234 e. The average molecular weight is 372 g/mol. The van der Waals surface area contributed by atoms with Gasteiger partial charge in [-0.1, -0.05) is 17.8 Å². The van der Waals surface area contributed by atoms with Crippen LogP contribution in [0, 0.1) is 12.7 Å². The van der Waals surface area contributed by atoms with Crippen molar-refractivity contribution in [3.8, 4) is 11.5 Å². The second-order valence-electron chi connectivity index (χ2n) is 5.44. The van der Waals surface area contributed by atoms with E-state index in [1.165, 1.54) is 17.8 Å². The van der Waals surface area contributed by atoms with Gasteiger partial charge in [0.15, 0.2) is 11.0 Å². The maximum absolute atomic E-state index is 13.6. The molecule has 0 saturated heterocycles. The molecule has 134 valence electrons. The quantitative estimate of drug-likeness (QED) is 0.670. The van der Waals surface area contributed by atoms with Gasteiger partial charge in [-0.3, -0.25) is 9.78 Å². The molecule has 0 radical (unpaired) electrons. The summed E-state index contributed by atoms with van der Waals surface area (Å²) < 4.78 is 15.4. The van der Waals surface area contributed by atoms with E-state index < -0.39 is 0 Å². The number of nitrogens with zero attached hydrogens (tertiary/aromatic N) is 5. The molecular formula is C17H17FN6OS. The number of hydrogen-bond donors (Lipinski definition) is 1. The number of hydrogen-bond acceptors (Lipinski definition) is 6. The lowest BCUT2D eigenvalue weighted by molar-refractivity contribution is -0.113. The van der Waals surface area contributed by atoms with Crippen LogP contribution in [0.1, 0.15) is 12.5 Å². The number of nitrogens with one attached hydrogen (secondary N) is 1. The standard InChI is InChI=1S/C17H17FN6OS/c1-3-24-16(14-9-19-6-7-20-14)22-23-17(24)26-10-15(25)21-12-5-4-11(2)13(18)8-12/h4-9H,3,10H2,1-2H3,(H,21,25). The number of rotatable bonds is 6. The Kier molecular flexibility index (Phi) is 5.57. The van der Waals surface area contributed by atoms with Gasteiger partial charge in [-0.15, -0.1) is 10.2 Å². The molecule has 2 heterocycles. The first-order valence-electron chi connectivity index (χ1n) is 7.97. The highest BCUT2D eigenvalue weighted by atomic mass is 32.2. The molecule has 0 aliphatic rings. The molecule has 0 bridgehead atoms.